The molecule has 0 saturated carbocycles. The van der Waals surface area contributed by atoms with Gasteiger partial charge in [0.15, 0.2) is 0 Å². The van der Waals surface area contributed by atoms with Crippen molar-refractivity contribution in [2.75, 3.05) is 11.5 Å². The number of aryl methyl sites for hydroxylation is 1. The monoisotopic (exact) mass is 293 g/mol. The maximum absolute atomic E-state index is 12.8. The SMILES string of the molecule is CCO[C@@H]1C[C@H]2c3ccccc3C(=O)N2c2ccc(C)cc21. The predicted octanol–water partition coefficient (Wildman–Crippen LogP) is 4.18. The molecule has 2 aromatic carbocycles. The molecule has 22 heavy (non-hydrogen) atoms. The number of nitrogens with zero attached hydrogens (tertiary/aromatic N) is 1. The Morgan fingerprint density at radius 2 is 2.00 bits per heavy atom. The van der Waals surface area contributed by atoms with Crippen molar-refractivity contribution in [3.05, 3.63) is 64.7 Å². The lowest BCUT2D eigenvalue weighted by atomic mass is 9.90. The zero-order valence-corrected chi connectivity index (χ0v) is 12.9. The van der Waals surface area contributed by atoms with E-state index in [-0.39, 0.29) is 18.1 Å². The molecule has 2 aliphatic heterocycles. The van der Waals surface area contributed by atoms with Crippen molar-refractivity contribution in [3.63, 3.8) is 0 Å². The molecule has 112 valence electrons. The van der Waals surface area contributed by atoms with Gasteiger partial charge in [-0.25, -0.2) is 0 Å². The predicted molar refractivity (Wildman–Crippen MR) is 86.2 cm³/mol. The summed E-state index contributed by atoms with van der Waals surface area (Å²) in [5.74, 6) is 0.112. The summed E-state index contributed by atoms with van der Waals surface area (Å²) in [4.78, 5) is 14.8. The molecule has 2 heterocycles. The topological polar surface area (TPSA) is 29.5 Å². The Morgan fingerprint density at radius 3 is 2.82 bits per heavy atom. The molecule has 2 aliphatic rings. The average Bonchev–Trinajstić information content (AvgIpc) is 2.81. The van der Waals surface area contributed by atoms with Crippen LogP contribution in [0.1, 0.15) is 52.5 Å². The molecule has 0 fully saturated rings. The van der Waals surface area contributed by atoms with Gasteiger partial charge < -0.3 is 9.64 Å². The Bertz CT molecular complexity index is 753. The Balaban J connectivity index is 1.89. The summed E-state index contributed by atoms with van der Waals surface area (Å²) in [6.45, 7) is 4.78. The zero-order valence-electron chi connectivity index (χ0n) is 12.9. The van der Waals surface area contributed by atoms with Crippen LogP contribution in [0.3, 0.4) is 0 Å². The Morgan fingerprint density at radius 1 is 1.18 bits per heavy atom. The first-order valence-electron chi connectivity index (χ1n) is 7.85. The van der Waals surface area contributed by atoms with Crippen LogP contribution in [0.4, 0.5) is 5.69 Å². The van der Waals surface area contributed by atoms with E-state index in [9.17, 15) is 4.79 Å². The number of rotatable bonds is 2. The summed E-state index contributed by atoms with van der Waals surface area (Å²) in [6, 6.07) is 14.3. The van der Waals surface area contributed by atoms with Crippen molar-refractivity contribution in [2.45, 2.75) is 32.4 Å². The number of ether oxygens (including phenoxy) is 1. The van der Waals surface area contributed by atoms with E-state index in [1.807, 2.05) is 30.0 Å². The highest BCUT2D eigenvalue weighted by molar-refractivity contribution is 6.11. The number of hydrogen-bond acceptors (Lipinski definition) is 2. The van der Waals surface area contributed by atoms with E-state index in [0.29, 0.717) is 6.61 Å². The molecule has 3 heteroatoms. The van der Waals surface area contributed by atoms with E-state index in [1.54, 1.807) is 0 Å². The molecule has 0 saturated heterocycles. The third kappa shape index (κ3) is 1.82. The number of carbonyl (C=O) groups is 1. The van der Waals surface area contributed by atoms with Gasteiger partial charge in [0.1, 0.15) is 0 Å². The van der Waals surface area contributed by atoms with Crippen molar-refractivity contribution < 1.29 is 9.53 Å². The van der Waals surface area contributed by atoms with E-state index in [2.05, 4.69) is 31.2 Å². The van der Waals surface area contributed by atoms with Crippen LogP contribution in [0, 0.1) is 6.92 Å². The van der Waals surface area contributed by atoms with Gasteiger partial charge in [0, 0.05) is 24.2 Å². The third-order valence-corrected chi connectivity index (χ3v) is 4.68. The number of hydrogen-bond donors (Lipinski definition) is 0. The fourth-order valence-electron chi connectivity index (χ4n) is 3.74. The molecular weight excluding hydrogens is 274 g/mol. The minimum Gasteiger partial charge on any atom is -0.374 e. The molecule has 4 rings (SSSR count). The summed E-state index contributed by atoms with van der Waals surface area (Å²) < 4.78 is 5.98. The summed E-state index contributed by atoms with van der Waals surface area (Å²) in [5.41, 5.74) is 5.30. The fourth-order valence-corrected chi connectivity index (χ4v) is 3.74. The molecule has 1 amide bonds. The smallest absolute Gasteiger partial charge is 0.259 e. The molecule has 0 bridgehead atoms. The number of anilines is 1. The average molecular weight is 293 g/mol. The first-order valence-corrected chi connectivity index (χ1v) is 7.85. The lowest BCUT2D eigenvalue weighted by Gasteiger charge is -2.37. The van der Waals surface area contributed by atoms with E-state index in [4.69, 9.17) is 4.74 Å². The molecule has 0 aromatic heterocycles. The van der Waals surface area contributed by atoms with Crippen LogP contribution in [0.2, 0.25) is 0 Å². The first-order chi connectivity index (χ1) is 10.7. The Hall–Kier alpha value is -2.13. The molecule has 0 spiro atoms. The van der Waals surface area contributed by atoms with Crippen LogP contribution in [0.15, 0.2) is 42.5 Å². The molecule has 0 aliphatic carbocycles. The van der Waals surface area contributed by atoms with Crippen LogP contribution < -0.4 is 4.90 Å². The maximum Gasteiger partial charge on any atom is 0.259 e. The van der Waals surface area contributed by atoms with E-state index in [1.165, 1.54) is 5.56 Å². The van der Waals surface area contributed by atoms with Crippen LogP contribution >= 0.6 is 0 Å². The van der Waals surface area contributed by atoms with Gasteiger partial charge in [-0.15, -0.1) is 0 Å². The minimum absolute atomic E-state index is 0.0557. The second-order valence-corrected chi connectivity index (χ2v) is 6.02. The molecule has 0 radical (unpaired) electrons. The molecular formula is C19H19NO2. The number of carbonyl (C=O) groups excluding carboxylic acids is 1. The van der Waals surface area contributed by atoms with Crippen LogP contribution in [0.25, 0.3) is 0 Å². The van der Waals surface area contributed by atoms with E-state index in [0.717, 1.165) is 28.8 Å². The largest absolute Gasteiger partial charge is 0.374 e. The van der Waals surface area contributed by atoms with Crippen molar-refractivity contribution in [1.82, 2.24) is 0 Å². The highest BCUT2D eigenvalue weighted by Gasteiger charge is 2.43. The normalized spacial score (nSPS) is 22.3. The summed E-state index contributed by atoms with van der Waals surface area (Å²) >= 11 is 0. The summed E-state index contributed by atoms with van der Waals surface area (Å²) in [6.07, 6.45) is 0.882. The van der Waals surface area contributed by atoms with Crippen molar-refractivity contribution in [1.29, 1.82) is 0 Å². The summed E-state index contributed by atoms with van der Waals surface area (Å²) in [5, 5.41) is 0. The quantitative estimate of drug-likeness (QED) is 0.831. The van der Waals surface area contributed by atoms with Gasteiger partial charge in [-0.05, 0) is 31.5 Å². The fraction of sp³-hybridized carbons (Fsp3) is 0.316. The van der Waals surface area contributed by atoms with Gasteiger partial charge in [-0.2, -0.15) is 0 Å². The Kier molecular flexibility index (Phi) is 3.05. The second kappa shape index (κ2) is 4.96. The molecule has 0 N–H and O–H groups in total. The van der Waals surface area contributed by atoms with Gasteiger partial charge in [-0.1, -0.05) is 35.9 Å². The molecule has 2 aromatic rings. The molecule has 2 atom stereocenters. The number of benzene rings is 2. The van der Waals surface area contributed by atoms with Gasteiger partial charge in [-0.3, -0.25) is 4.79 Å². The highest BCUT2D eigenvalue weighted by Crippen LogP contribution is 2.49. The van der Waals surface area contributed by atoms with E-state index >= 15 is 0 Å². The maximum atomic E-state index is 12.8. The number of fused-ring (bicyclic) bond motifs is 5. The Labute approximate surface area is 130 Å². The first kappa shape index (κ1) is 13.5. The van der Waals surface area contributed by atoms with Crippen molar-refractivity contribution in [2.24, 2.45) is 0 Å². The molecule has 3 nitrogen and oxygen atoms in total. The van der Waals surface area contributed by atoms with Crippen LogP contribution in [0.5, 0.6) is 0 Å². The lowest BCUT2D eigenvalue weighted by molar-refractivity contribution is 0.0467. The van der Waals surface area contributed by atoms with Crippen molar-refractivity contribution in [3.8, 4) is 0 Å². The van der Waals surface area contributed by atoms with Crippen LogP contribution in [-0.2, 0) is 4.74 Å². The minimum atomic E-state index is 0.0557. The van der Waals surface area contributed by atoms with Gasteiger partial charge >= 0.3 is 0 Å². The molecule has 0 unspecified atom stereocenters. The van der Waals surface area contributed by atoms with Crippen molar-refractivity contribution >= 4 is 11.6 Å². The standard InChI is InChI=1S/C19H19NO2/c1-3-22-18-11-17-13-6-4-5-7-14(13)19(21)20(17)16-9-8-12(2)10-15(16)18/h4-10,17-18H,3,11H2,1-2H3/t17-,18+/m0/s1. The highest BCUT2D eigenvalue weighted by atomic mass is 16.5. The van der Waals surface area contributed by atoms with Gasteiger partial charge in [0.2, 0.25) is 0 Å². The second-order valence-electron chi connectivity index (χ2n) is 6.02. The number of amides is 1. The van der Waals surface area contributed by atoms with Gasteiger partial charge in [0.05, 0.1) is 17.8 Å². The van der Waals surface area contributed by atoms with Gasteiger partial charge in [0.25, 0.3) is 5.91 Å². The third-order valence-electron chi connectivity index (χ3n) is 4.68. The zero-order chi connectivity index (χ0) is 15.3. The summed E-state index contributed by atoms with van der Waals surface area (Å²) in [7, 11) is 0. The van der Waals surface area contributed by atoms with E-state index < -0.39 is 0 Å². The van der Waals surface area contributed by atoms with Crippen LogP contribution in [-0.4, -0.2) is 12.5 Å². The lowest BCUT2D eigenvalue weighted by Crippen LogP contribution is -2.34.